The third-order valence-corrected chi connectivity index (χ3v) is 3.11. The van der Waals surface area contributed by atoms with Gasteiger partial charge in [-0.15, -0.1) is 0 Å². The Balaban J connectivity index is 2.99. The maximum atomic E-state index is 12.7. The van der Waals surface area contributed by atoms with E-state index in [9.17, 15) is 4.79 Å². The molecule has 1 heterocycles. The van der Waals surface area contributed by atoms with E-state index in [2.05, 4.69) is 5.10 Å². The summed E-state index contributed by atoms with van der Waals surface area (Å²) in [5.74, 6) is -0.150. The number of hydrogen-bond acceptors (Lipinski definition) is 5. The average molecular weight is 284 g/mol. The number of nitrogen functional groups attached to an aromatic ring is 1. The van der Waals surface area contributed by atoms with Crippen molar-refractivity contribution in [3.63, 3.8) is 0 Å². The number of carbonyl (C=O) groups is 1. The Labute approximate surface area is 119 Å². The van der Waals surface area contributed by atoms with Crippen molar-refractivity contribution in [3.8, 4) is 0 Å². The van der Waals surface area contributed by atoms with Crippen molar-refractivity contribution in [2.24, 2.45) is 0 Å². The molecule has 1 rings (SSSR count). The van der Waals surface area contributed by atoms with Gasteiger partial charge in [-0.2, -0.15) is 5.10 Å². The molecule has 1 aromatic rings. The van der Waals surface area contributed by atoms with Crippen molar-refractivity contribution >= 4 is 11.6 Å². The fraction of sp³-hybridized carbons (Fsp3) is 0.692. The lowest BCUT2D eigenvalue weighted by atomic mass is 10.2. The number of nitrogens with two attached hydrogens (primary N) is 1. The van der Waals surface area contributed by atoms with Crippen LogP contribution in [0.25, 0.3) is 0 Å². The summed E-state index contributed by atoms with van der Waals surface area (Å²) in [6.07, 6.45) is 1.51. The van der Waals surface area contributed by atoms with Crippen LogP contribution in [-0.2, 0) is 16.0 Å². The van der Waals surface area contributed by atoms with E-state index in [1.165, 1.54) is 6.20 Å². The Hall–Kier alpha value is -1.60. The Morgan fingerprint density at radius 2 is 2.20 bits per heavy atom. The molecule has 2 N–H and O–H groups in total. The fourth-order valence-electron chi connectivity index (χ4n) is 2.05. The summed E-state index contributed by atoms with van der Waals surface area (Å²) < 4.78 is 11.8. The Bertz CT molecular complexity index is 433. The summed E-state index contributed by atoms with van der Waals surface area (Å²) in [4.78, 5) is 14.4. The molecule has 7 heteroatoms. The van der Waals surface area contributed by atoms with Crippen LogP contribution >= 0.6 is 0 Å². The van der Waals surface area contributed by atoms with Gasteiger partial charge >= 0.3 is 0 Å². The molecular formula is C13H24N4O3. The van der Waals surface area contributed by atoms with Crippen LogP contribution < -0.4 is 5.73 Å². The minimum Gasteiger partial charge on any atom is -0.396 e. The lowest BCUT2D eigenvalue weighted by molar-refractivity contribution is 0.0470. The molecule has 1 atom stereocenters. The molecule has 1 aromatic heterocycles. The third kappa shape index (κ3) is 3.71. The zero-order chi connectivity index (χ0) is 15.1. The number of amides is 1. The monoisotopic (exact) mass is 284 g/mol. The van der Waals surface area contributed by atoms with Crippen molar-refractivity contribution in [3.05, 3.63) is 11.9 Å². The molecule has 0 radical (unpaired) electrons. The summed E-state index contributed by atoms with van der Waals surface area (Å²) >= 11 is 0. The van der Waals surface area contributed by atoms with Crippen LogP contribution in [-0.4, -0.2) is 60.6 Å². The lowest BCUT2D eigenvalue weighted by Gasteiger charge is -2.29. The normalized spacial score (nSPS) is 12.4. The average Bonchev–Trinajstić information content (AvgIpc) is 2.80. The standard InChI is InChI=1S/C13H24N4O3/c1-5-17-12(11(14)8-15-17)13(18)16(6-7-19-3)10(2)9-20-4/h8,10H,5-7,9,14H2,1-4H3. The number of rotatable bonds is 8. The first-order valence-corrected chi connectivity index (χ1v) is 6.66. The summed E-state index contributed by atoms with van der Waals surface area (Å²) in [6, 6.07) is -0.0674. The van der Waals surface area contributed by atoms with Gasteiger partial charge in [0.25, 0.3) is 5.91 Å². The minimum atomic E-state index is -0.150. The van der Waals surface area contributed by atoms with E-state index in [1.54, 1.807) is 23.8 Å². The van der Waals surface area contributed by atoms with Crippen LogP contribution in [0, 0.1) is 0 Å². The van der Waals surface area contributed by atoms with Gasteiger partial charge in [-0.1, -0.05) is 0 Å². The van der Waals surface area contributed by atoms with Gasteiger partial charge in [-0.3, -0.25) is 9.48 Å². The van der Waals surface area contributed by atoms with Crippen LogP contribution in [0.3, 0.4) is 0 Å². The first-order chi connectivity index (χ1) is 9.56. The summed E-state index contributed by atoms with van der Waals surface area (Å²) in [5, 5.41) is 4.10. The van der Waals surface area contributed by atoms with Crippen LogP contribution in [0.4, 0.5) is 5.69 Å². The molecule has 0 aliphatic rings. The highest BCUT2D eigenvalue weighted by Gasteiger charge is 2.26. The highest BCUT2D eigenvalue weighted by atomic mass is 16.5. The largest absolute Gasteiger partial charge is 0.396 e. The summed E-state index contributed by atoms with van der Waals surface area (Å²) in [6.45, 7) is 5.83. The Morgan fingerprint density at radius 1 is 1.50 bits per heavy atom. The molecule has 0 saturated carbocycles. The highest BCUT2D eigenvalue weighted by Crippen LogP contribution is 2.15. The van der Waals surface area contributed by atoms with E-state index in [4.69, 9.17) is 15.2 Å². The number of aryl methyl sites for hydroxylation is 1. The molecule has 0 aromatic carbocycles. The number of anilines is 1. The van der Waals surface area contributed by atoms with E-state index < -0.39 is 0 Å². The van der Waals surface area contributed by atoms with E-state index in [0.29, 0.717) is 37.7 Å². The van der Waals surface area contributed by atoms with E-state index in [1.807, 2.05) is 13.8 Å². The van der Waals surface area contributed by atoms with Gasteiger partial charge in [0, 0.05) is 27.3 Å². The van der Waals surface area contributed by atoms with Crippen LogP contribution in [0.2, 0.25) is 0 Å². The van der Waals surface area contributed by atoms with Crippen LogP contribution in [0.5, 0.6) is 0 Å². The number of nitrogens with zero attached hydrogens (tertiary/aromatic N) is 3. The minimum absolute atomic E-state index is 0.0674. The van der Waals surface area contributed by atoms with Crippen molar-refractivity contribution < 1.29 is 14.3 Å². The van der Waals surface area contributed by atoms with Gasteiger partial charge in [0.15, 0.2) is 0 Å². The van der Waals surface area contributed by atoms with Crippen molar-refractivity contribution in [2.75, 3.05) is 39.7 Å². The fourth-order valence-corrected chi connectivity index (χ4v) is 2.05. The number of hydrogen-bond donors (Lipinski definition) is 1. The number of methoxy groups -OCH3 is 2. The topological polar surface area (TPSA) is 82.6 Å². The molecule has 0 spiro atoms. The van der Waals surface area contributed by atoms with Gasteiger partial charge in [0.2, 0.25) is 0 Å². The molecule has 20 heavy (non-hydrogen) atoms. The predicted octanol–water partition coefficient (Wildman–Crippen LogP) is 0.609. The molecule has 0 aliphatic heterocycles. The van der Waals surface area contributed by atoms with Crippen molar-refractivity contribution in [1.82, 2.24) is 14.7 Å². The number of carbonyl (C=O) groups excluding carboxylic acids is 1. The van der Waals surface area contributed by atoms with Crippen molar-refractivity contribution in [2.45, 2.75) is 26.4 Å². The zero-order valence-electron chi connectivity index (χ0n) is 12.6. The maximum Gasteiger partial charge on any atom is 0.274 e. The molecule has 0 saturated heterocycles. The van der Waals surface area contributed by atoms with Gasteiger partial charge in [-0.25, -0.2) is 0 Å². The summed E-state index contributed by atoms with van der Waals surface area (Å²) in [7, 11) is 3.22. The highest BCUT2D eigenvalue weighted by molar-refractivity contribution is 5.97. The smallest absolute Gasteiger partial charge is 0.274 e. The second kappa shape index (κ2) is 7.86. The quantitative estimate of drug-likeness (QED) is 0.756. The third-order valence-electron chi connectivity index (χ3n) is 3.11. The van der Waals surface area contributed by atoms with Gasteiger partial charge < -0.3 is 20.1 Å². The second-order valence-electron chi connectivity index (χ2n) is 4.56. The second-order valence-corrected chi connectivity index (χ2v) is 4.56. The summed E-state index contributed by atoms with van der Waals surface area (Å²) in [5.41, 5.74) is 6.68. The van der Waals surface area contributed by atoms with Gasteiger partial charge in [0.05, 0.1) is 31.1 Å². The van der Waals surface area contributed by atoms with Crippen LogP contribution in [0.15, 0.2) is 6.20 Å². The van der Waals surface area contributed by atoms with Gasteiger partial charge in [0.1, 0.15) is 5.69 Å². The van der Waals surface area contributed by atoms with Crippen molar-refractivity contribution in [1.29, 1.82) is 0 Å². The molecular weight excluding hydrogens is 260 g/mol. The van der Waals surface area contributed by atoms with E-state index >= 15 is 0 Å². The van der Waals surface area contributed by atoms with Crippen LogP contribution in [0.1, 0.15) is 24.3 Å². The SMILES string of the molecule is CCn1ncc(N)c1C(=O)N(CCOC)C(C)COC. The lowest BCUT2D eigenvalue weighted by Crippen LogP contribution is -2.44. The first kappa shape index (κ1) is 16.5. The predicted molar refractivity (Wildman–Crippen MR) is 76.6 cm³/mol. The first-order valence-electron chi connectivity index (χ1n) is 6.66. The molecule has 0 bridgehead atoms. The molecule has 7 nitrogen and oxygen atoms in total. The zero-order valence-corrected chi connectivity index (χ0v) is 12.6. The molecule has 0 aliphatic carbocycles. The van der Waals surface area contributed by atoms with E-state index in [0.717, 1.165) is 0 Å². The molecule has 1 unspecified atom stereocenters. The maximum absolute atomic E-state index is 12.7. The number of ether oxygens (including phenoxy) is 2. The Morgan fingerprint density at radius 3 is 2.75 bits per heavy atom. The Kier molecular flexibility index (Phi) is 6.47. The molecule has 114 valence electrons. The molecule has 0 fully saturated rings. The molecule has 1 amide bonds. The van der Waals surface area contributed by atoms with E-state index in [-0.39, 0.29) is 11.9 Å². The number of aromatic nitrogens is 2. The van der Waals surface area contributed by atoms with Gasteiger partial charge in [-0.05, 0) is 13.8 Å².